The maximum atomic E-state index is 12.0. The molecule has 3 aromatic rings. The number of piperazine rings is 1. The Hall–Kier alpha value is -2.57. The summed E-state index contributed by atoms with van der Waals surface area (Å²) in [6.07, 6.45) is 1.12. The lowest BCUT2D eigenvalue weighted by Gasteiger charge is -2.38. The maximum Gasteiger partial charge on any atom is 0.184 e. The summed E-state index contributed by atoms with van der Waals surface area (Å²) in [5.41, 5.74) is 3.51. The summed E-state index contributed by atoms with van der Waals surface area (Å²) in [5.74, 6) is 1.61. The molecular weight excluding hydrogens is 396 g/mol. The number of nitrogens with zero attached hydrogens (tertiary/aromatic N) is 2. The number of anilines is 1. The fourth-order valence-electron chi connectivity index (χ4n) is 4.42. The Bertz CT molecular complexity index is 1060. The number of ether oxygens (including phenoxy) is 2. The highest BCUT2D eigenvalue weighted by Crippen LogP contribution is 2.40. The summed E-state index contributed by atoms with van der Waals surface area (Å²) in [6.45, 7) is 7.75. The van der Waals surface area contributed by atoms with Gasteiger partial charge in [-0.3, -0.25) is 4.90 Å². The molecule has 2 aliphatic heterocycles. The van der Waals surface area contributed by atoms with E-state index >= 15 is 0 Å². The van der Waals surface area contributed by atoms with Gasteiger partial charge >= 0.3 is 0 Å². The molecule has 2 aromatic carbocycles. The van der Waals surface area contributed by atoms with Gasteiger partial charge in [0.15, 0.2) is 11.5 Å². The van der Waals surface area contributed by atoms with Gasteiger partial charge in [0, 0.05) is 37.4 Å². The summed E-state index contributed by atoms with van der Waals surface area (Å²) in [7, 11) is 0. The number of aryl methyl sites for hydroxylation is 1. The number of benzene rings is 2. The molecule has 0 amide bonds. The minimum absolute atomic E-state index is 0.0895. The summed E-state index contributed by atoms with van der Waals surface area (Å²) in [5, 5.41) is 3.39. The molecule has 0 spiro atoms. The van der Waals surface area contributed by atoms with E-state index in [1.807, 2.05) is 12.1 Å². The van der Waals surface area contributed by atoms with E-state index in [0.29, 0.717) is 13.2 Å². The number of carbonyl (C=O) groups is 1. The minimum atomic E-state index is -0.0895. The summed E-state index contributed by atoms with van der Waals surface area (Å²) >= 11 is 1.73. The first-order valence-corrected chi connectivity index (χ1v) is 11.4. The fraction of sp³-hybridized carbons (Fsp3) is 0.375. The molecule has 1 saturated heterocycles. The molecule has 0 bridgehead atoms. The molecule has 0 saturated carbocycles. The van der Waals surface area contributed by atoms with Crippen LogP contribution in [-0.4, -0.2) is 57.1 Å². The van der Waals surface area contributed by atoms with Crippen molar-refractivity contribution in [3.8, 4) is 11.5 Å². The number of hydrogen-bond donors (Lipinski definition) is 0. The lowest BCUT2D eigenvalue weighted by atomic mass is 9.98. The van der Waals surface area contributed by atoms with Crippen LogP contribution in [0.1, 0.15) is 17.0 Å². The zero-order chi connectivity index (χ0) is 20.5. The van der Waals surface area contributed by atoms with Crippen LogP contribution in [0.15, 0.2) is 41.8 Å². The largest absolute Gasteiger partial charge is 0.486 e. The molecule has 156 valence electrons. The summed E-state index contributed by atoms with van der Waals surface area (Å²) in [4.78, 5) is 16.8. The smallest absolute Gasteiger partial charge is 0.184 e. The topological polar surface area (TPSA) is 42.0 Å². The molecule has 1 fully saturated rings. The van der Waals surface area contributed by atoms with Crippen molar-refractivity contribution in [2.24, 2.45) is 0 Å². The first kappa shape index (κ1) is 19.4. The first-order chi connectivity index (χ1) is 14.7. The maximum absolute atomic E-state index is 12.0. The normalized spacial score (nSPS) is 17.8. The second-order valence-electron chi connectivity index (χ2n) is 8.02. The van der Waals surface area contributed by atoms with Crippen molar-refractivity contribution >= 4 is 33.4 Å². The molecule has 1 unspecified atom stereocenters. The number of fused-ring (bicyclic) bond motifs is 2. The molecule has 5 nitrogen and oxygen atoms in total. The molecule has 6 heteroatoms. The lowest BCUT2D eigenvalue weighted by Crippen LogP contribution is -2.47. The minimum Gasteiger partial charge on any atom is -0.486 e. The average Bonchev–Trinajstić information content (AvgIpc) is 3.20. The quantitative estimate of drug-likeness (QED) is 0.580. The highest BCUT2D eigenvalue weighted by Gasteiger charge is 2.26. The standard InChI is InChI=1S/C24H26N2O3S/c1-17-5-6-23-19(13-17)20(16-30-23)18(15-27)14-25-7-9-26(10-8-25)21-3-2-4-22-24(21)29-12-11-28-22/h2-6,13,15-16,18H,7-12,14H2,1H3. The van der Waals surface area contributed by atoms with Crippen LogP contribution in [-0.2, 0) is 4.79 Å². The van der Waals surface area contributed by atoms with Gasteiger partial charge in [0.05, 0.1) is 11.6 Å². The van der Waals surface area contributed by atoms with E-state index in [4.69, 9.17) is 9.47 Å². The molecule has 1 atom stereocenters. The summed E-state index contributed by atoms with van der Waals surface area (Å²) in [6, 6.07) is 12.6. The number of carbonyl (C=O) groups excluding carboxylic acids is 1. The van der Waals surface area contributed by atoms with Crippen molar-refractivity contribution in [2.45, 2.75) is 12.8 Å². The molecule has 0 aliphatic carbocycles. The number of hydrogen-bond acceptors (Lipinski definition) is 6. The third kappa shape index (κ3) is 3.66. The van der Waals surface area contributed by atoms with Gasteiger partial charge in [-0.05, 0) is 41.5 Å². The van der Waals surface area contributed by atoms with Gasteiger partial charge in [0.2, 0.25) is 0 Å². The fourth-order valence-corrected chi connectivity index (χ4v) is 5.43. The lowest BCUT2D eigenvalue weighted by molar-refractivity contribution is -0.109. The first-order valence-electron chi connectivity index (χ1n) is 10.5. The van der Waals surface area contributed by atoms with Gasteiger partial charge < -0.3 is 19.2 Å². The highest BCUT2D eigenvalue weighted by molar-refractivity contribution is 7.17. The van der Waals surface area contributed by atoms with Gasteiger partial charge in [-0.25, -0.2) is 0 Å². The van der Waals surface area contributed by atoms with Crippen molar-refractivity contribution in [3.63, 3.8) is 0 Å². The third-order valence-electron chi connectivity index (χ3n) is 6.04. The van der Waals surface area contributed by atoms with Gasteiger partial charge in [0.1, 0.15) is 19.5 Å². The van der Waals surface area contributed by atoms with Crippen LogP contribution in [0.5, 0.6) is 11.5 Å². The van der Waals surface area contributed by atoms with Crippen molar-refractivity contribution in [1.29, 1.82) is 0 Å². The Morgan fingerprint density at radius 1 is 1.10 bits per heavy atom. The molecule has 0 N–H and O–H groups in total. The highest BCUT2D eigenvalue weighted by atomic mass is 32.1. The molecule has 3 heterocycles. The third-order valence-corrected chi connectivity index (χ3v) is 7.02. The van der Waals surface area contributed by atoms with Crippen molar-refractivity contribution in [2.75, 3.05) is 50.8 Å². The Labute approximate surface area is 180 Å². The monoisotopic (exact) mass is 422 g/mol. The Morgan fingerprint density at radius 2 is 1.93 bits per heavy atom. The Balaban J connectivity index is 1.28. The van der Waals surface area contributed by atoms with E-state index in [1.165, 1.54) is 21.2 Å². The summed E-state index contributed by atoms with van der Waals surface area (Å²) < 4.78 is 12.9. The van der Waals surface area contributed by atoms with Crippen molar-refractivity contribution in [1.82, 2.24) is 4.90 Å². The molecule has 2 aliphatic rings. The molecule has 30 heavy (non-hydrogen) atoms. The van der Waals surface area contributed by atoms with E-state index in [1.54, 1.807) is 11.3 Å². The van der Waals surface area contributed by atoms with Crippen LogP contribution < -0.4 is 14.4 Å². The molecule has 0 radical (unpaired) electrons. The SMILES string of the molecule is Cc1ccc2scc(C(C=O)CN3CCN(c4cccc5c4OCCO5)CC3)c2c1. The zero-order valence-electron chi connectivity index (χ0n) is 17.2. The van der Waals surface area contributed by atoms with E-state index in [9.17, 15) is 4.79 Å². The predicted octanol–water partition coefficient (Wildman–Crippen LogP) is 4.09. The zero-order valence-corrected chi connectivity index (χ0v) is 18.0. The predicted molar refractivity (Wildman–Crippen MR) is 121 cm³/mol. The van der Waals surface area contributed by atoms with E-state index in [0.717, 1.165) is 56.2 Å². The van der Waals surface area contributed by atoms with Gasteiger partial charge in [-0.15, -0.1) is 11.3 Å². The number of rotatable bonds is 5. The number of para-hydroxylation sites is 1. The second-order valence-corrected chi connectivity index (χ2v) is 8.93. The van der Waals surface area contributed by atoms with E-state index in [-0.39, 0.29) is 5.92 Å². The van der Waals surface area contributed by atoms with Crippen LogP contribution in [0.25, 0.3) is 10.1 Å². The number of thiophene rings is 1. The van der Waals surface area contributed by atoms with Crippen LogP contribution in [0.2, 0.25) is 0 Å². The molecular formula is C24H26N2O3S. The Kier molecular flexibility index (Phi) is 5.35. The van der Waals surface area contributed by atoms with Gasteiger partial charge in [-0.2, -0.15) is 0 Å². The van der Waals surface area contributed by atoms with Crippen LogP contribution >= 0.6 is 11.3 Å². The van der Waals surface area contributed by atoms with Gasteiger partial charge in [0.25, 0.3) is 0 Å². The average molecular weight is 423 g/mol. The van der Waals surface area contributed by atoms with E-state index < -0.39 is 0 Å². The van der Waals surface area contributed by atoms with Crippen LogP contribution in [0.3, 0.4) is 0 Å². The molecule has 1 aromatic heterocycles. The molecule has 5 rings (SSSR count). The number of aldehydes is 1. The Morgan fingerprint density at radius 3 is 2.77 bits per heavy atom. The van der Waals surface area contributed by atoms with E-state index in [2.05, 4.69) is 46.4 Å². The van der Waals surface area contributed by atoms with Gasteiger partial charge in [-0.1, -0.05) is 23.8 Å². The van der Waals surface area contributed by atoms with Crippen LogP contribution in [0, 0.1) is 6.92 Å². The van der Waals surface area contributed by atoms with Crippen LogP contribution in [0.4, 0.5) is 5.69 Å². The second kappa shape index (κ2) is 8.28. The van der Waals surface area contributed by atoms with Crippen molar-refractivity contribution in [3.05, 3.63) is 52.9 Å². The van der Waals surface area contributed by atoms with Crippen molar-refractivity contribution < 1.29 is 14.3 Å².